The molecule has 0 amide bonds. The van der Waals surface area contributed by atoms with Crippen LogP contribution in [0.5, 0.6) is 0 Å². The van der Waals surface area contributed by atoms with E-state index in [0.29, 0.717) is 5.02 Å². The molecule has 0 radical (unpaired) electrons. The second-order valence-electron chi connectivity index (χ2n) is 6.98. The third-order valence-electron chi connectivity index (χ3n) is 4.25. The van der Waals surface area contributed by atoms with E-state index in [-0.39, 0.29) is 5.56 Å². The second kappa shape index (κ2) is 11.6. The molecule has 0 saturated carbocycles. The number of halogens is 1. The van der Waals surface area contributed by atoms with Gasteiger partial charge in [0.1, 0.15) is 12.7 Å². The third-order valence-corrected chi connectivity index (χ3v) is 4.50. The smallest absolute Gasteiger partial charge is 0.340 e. The highest BCUT2D eigenvalue weighted by Crippen LogP contribution is 2.30. The zero-order valence-corrected chi connectivity index (χ0v) is 19.0. The summed E-state index contributed by atoms with van der Waals surface area (Å²) >= 11 is 5.83. The maximum atomic E-state index is 12.7. The lowest BCUT2D eigenvalue weighted by Crippen LogP contribution is -2.63. The quantitative estimate of drug-likeness (QED) is 0.409. The van der Waals surface area contributed by atoms with Crippen LogP contribution in [0.4, 0.5) is 0 Å². The van der Waals surface area contributed by atoms with Gasteiger partial charge in [0, 0.05) is 32.7 Å². The lowest BCUT2D eigenvalue weighted by atomic mass is 9.98. The average Bonchev–Trinajstić information content (AvgIpc) is 2.70. The van der Waals surface area contributed by atoms with E-state index in [4.69, 9.17) is 40.0 Å². The number of esters is 5. The van der Waals surface area contributed by atoms with Gasteiger partial charge in [0.25, 0.3) is 0 Å². The summed E-state index contributed by atoms with van der Waals surface area (Å²) in [4.78, 5) is 59.2. The van der Waals surface area contributed by atoms with Crippen molar-refractivity contribution in [3.05, 3.63) is 34.9 Å². The van der Waals surface area contributed by atoms with Gasteiger partial charge in [-0.3, -0.25) is 19.2 Å². The topological polar surface area (TPSA) is 141 Å². The average molecular weight is 487 g/mol. The molecule has 11 nitrogen and oxygen atoms in total. The Balaban J connectivity index is 2.42. The molecule has 1 aliphatic heterocycles. The first kappa shape index (κ1) is 26.1. The molecule has 0 aromatic heterocycles. The predicted molar refractivity (Wildman–Crippen MR) is 109 cm³/mol. The van der Waals surface area contributed by atoms with E-state index in [0.717, 1.165) is 27.7 Å². The van der Waals surface area contributed by atoms with Gasteiger partial charge in [0.15, 0.2) is 12.2 Å². The van der Waals surface area contributed by atoms with Crippen LogP contribution in [0.3, 0.4) is 0 Å². The van der Waals surface area contributed by atoms with Gasteiger partial charge in [0.2, 0.25) is 12.4 Å². The number of ether oxygens (including phenoxy) is 6. The van der Waals surface area contributed by atoms with Gasteiger partial charge in [0.05, 0.1) is 5.56 Å². The van der Waals surface area contributed by atoms with Crippen LogP contribution in [0, 0.1) is 0 Å². The molecule has 0 N–H and O–H groups in total. The van der Waals surface area contributed by atoms with Crippen molar-refractivity contribution in [2.75, 3.05) is 6.61 Å². The Kier molecular flexibility index (Phi) is 9.18. The van der Waals surface area contributed by atoms with Crippen LogP contribution in [-0.2, 0) is 47.6 Å². The van der Waals surface area contributed by atoms with E-state index < -0.39 is 67.2 Å². The predicted octanol–water partition coefficient (Wildman–Crippen LogP) is 1.58. The first-order valence-electron chi connectivity index (χ1n) is 9.75. The van der Waals surface area contributed by atoms with Crippen molar-refractivity contribution in [2.45, 2.75) is 58.4 Å². The first-order chi connectivity index (χ1) is 15.5. The molecule has 0 aliphatic carbocycles. The number of hydrogen-bond donors (Lipinski definition) is 0. The van der Waals surface area contributed by atoms with Crippen molar-refractivity contribution in [2.24, 2.45) is 0 Å². The van der Waals surface area contributed by atoms with Crippen LogP contribution in [0.2, 0.25) is 5.02 Å². The van der Waals surface area contributed by atoms with E-state index in [1.54, 1.807) is 0 Å². The molecule has 5 atom stereocenters. The third kappa shape index (κ3) is 7.72. The zero-order chi connectivity index (χ0) is 24.7. The number of hydrogen-bond acceptors (Lipinski definition) is 11. The standard InChI is InChI=1S/C21H23ClO11/c1-10(23)28-9-16-17(29-11(2)24)18(30-12(3)25)19(31-13(4)26)21(32-16)33-20(27)14-5-7-15(22)8-6-14/h5-8,16-19,21H,9H2,1-4H3/t16-,17+,18+,19-,21+/m1/s1. The van der Waals surface area contributed by atoms with Crippen molar-refractivity contribution in [3.63, 3.8) is 0 Å². The molecular formula is C21H23ClO11. The summed E-state index contributed by atoms with van der Waals surface area (Å²) in [6, 6.07) is 5.72. The van der Waals surface area contributed by atoms with E-state index in [9.17, 15) is 24.0 Å². The molecular weight excluding hydrogens is 464 g/mol. The maximum absolute atomic E-state index is 12.7. The number of rotatable bonds is 7. The summed E-state index contributed by atoms with van der Waals surface area (Å²) in [6.45, 7) is 3.97. The highest BCUT2D eigenvalue weighted by Gasteiger charge is 2.53. The summed E-state index contributed by atoms with van der Waals surface area (Å²) in [5.74, 6) is -3.92. The minimum Gasteiger partial charge on any atom is -0.463 e. The molecule has 1 aromatic rings. The maximum Gasteiger partial charge on any atom is 0.340 e. The van der Waals surface area contributed by atoms with Gasteiger partial charge >= 0.3 is 29.8 Å². The Morgan fingerprint density at radius 2 is 1.27 bits per heavy atom. The van der Waals surface area contributed by atoms with E-state index in [2.05, 4.69) is 0 Å². The number of carbonyl (C=O) groups is 5. The minimum atomic E-state index is -1.60. The summed E-state index contributed by atoms with van der Waals surface area (Å²) < 4.78 is 31.8. The summed E-state index contributed by atoms with van der Waals surface area (Å²) in [5.41, 5.74) is 0.104. The second-order valence-corrected chi connectivity index (χ2v) is 7.42. The van der Waals surface area contributed by atoms with Gasteiger partial charge in [-0.2, -0.15) is 0 Å². The van der Waals surface area contributed by atoms with Crippen molar-refractivity contribution in [3.8, 4) is 0 Å². The molecule has 12 heteroatoms. The van der Waals surface area contributed by atoms with E-state index in [1.807, 2.05) is 0 Å². The molecule has 1 fully saturated rings. The van der Waals surface area contributed by atoms with Gasteiger partial charge in [-0.05, 0) is 24.3 Å². The van der Waals surface area contributed by atoms with Crippen LogP contribution in [-0.4, -0.2) is 67.2 Å². The monoisotopic (exact) mass is 486 g/mol. The number of benzene rings is 1. The van der Waals surface area contributed by atoms with Crippen molar-refractivity contribution >= 4 is 41.4 Å². The van der Waals surface area contributed by atoms with E-state index in [1.165, 1.54) is 24.3 Å². The Bertz CT molecular complexity index is 898. The van der Waals surface area contributed by atoms with Gasteiger partial charge in [-0.15, -0.1) is 0 Å². The highest BCUT2D eigenvalue weighted by molar-refractivity contribution is 6.30. The van der Waals surface area contributed by atoms with Gasteiger partial charge < -0.3 is 28.4 Å². The molecule has 2 rings (SSSR count). The van der Waals surface area contributed by atoms with Crippen LogP contribution >= 0.6 is 11.6 Å². The SMILES string of the molecule is CC(=O)OC[C@H]1O[C@@H](OC(=O)c2ccc(Cl)cc2)[C@H](OC(C)=O)[C@@H](OC(C)=O)[C@H]1OC(C)=O. The van der Waals surface area contributed by atoms with Gasteiger partial charge in [-0.25, -0.2) is 4.79 Å². The molecule has 180 valence electrons. The molecule has 33 heavy (non-hydrogen) atoms. The summed E-state index contributed by atoms with van der Waals surface area (Å²) in [6.07, 6.45) is -7.11. The molecule has 1 saturated heterocycles. The molecule has 1 aromatic carbocycles. The Morgan fingerprint density at radius 3 is 1.79 bits per heavy atom. The van der Waals surface area contributed by atoms with Crippen molar-refractivity contribution in [1.82, 2.24) is 0 Å². The first-order valence-corrected chi connectivity index (χ1v) is 10.1. The zero-order valence-electron chi connectivity index (χ0n) is 18.3. The van der Waals surface area contributed by atoms with Crippen LogP contribution in [0.15, 0.2) is 24.3 Å². The number of carbonyl (C=O) groups excluding carboxylic acids is 5. The Hall–Kier alpha value is -3.18. The Morgan fingerprint density at radius 1 is 0.758 bits per heavy atom. The van der Waals surface area contributed by atoms with Crippen LogP contribution < -0.4 is 0 Å². The van der Waals surface area contributed by atoms with Crippen LogP contribution in [0.1, 0.15) is 38.1 Å². The van der Waals surface area contributed by atoms with Crippen molar-refractivity contribution in [1.29, 1.82) is 0 Å². The largest absolute Gasteiger partial charge is 0.463 e. The van der Waals surface area contributed by atoms with Gasteiger partial charge in [-0.1, -0.05) is 11.6 Å². The highest BCUT2D eigenvalue weighted by atomic mass is 35.5. The molecule has 1 aliphatic rings. The molecule has 0 unspecified atom stereocenters. The fourth-order valence-electron chi connectivity index (χ4n) is 3.04. The lowest BCUT2D eigenvalue weighted by molar-refractivity contribution is -0.294. The summed E-state index contributed by atoms with van der Waals surface area (Å²) in [7, 11) is 0. The molecule has 0 bridgehead atoms. The summed E-state index contributed by atoms with van der Waals surface area (Å²) in [5, 5.41) is 0.388. The minimum absolute atomic E-state index is 0.104. The van der Waals surface area contributed by atoms with Crippen molar-refractivity contribution < 1.29 is 52.4 Å². The van der Waals surface area contributed by atoms with Crippen LogP contribution in [0.25, 0.3) is 0 Å². The fraction of sp³-hybridized carbons (Fsp3) is 0.476. The lowest BCUT2D eigenvalue weighted by Gasteiger charge is -2.43. The fourth-order valence-corrected chi connectivity index (χ4v) is 3.17. The van der Waals surface area contributed by atoms with E-state index >= 15 is 0 Å². The Labute approximate surface area is 194 Å². The normalized spacial score (nSPS) is 24.2. The molecule has 0 spiro atoms. The molecule has 1 heterocycles.